The van der Waals surface area contributed by atoms with Crippen molar-refractivity contribution >= 4 is 27.2 Å². The van der Waals surface area contributed by atoms with E-state index in [4.69, 9.17) is 0 Å². The molecule has 0 radical (unpaired) electrons. The Morgan fingerprint density at radius 3 is 2.79 bits per heavy atom. The number of ketones is 1. The van der Waals surface area contributed by atoms with Crippen LogP contribution in [0.5, 0.6) is 5.75 Å². The Morgan fingerprint density at radius 1 is 1.50 bits per heavy atom. The smallest absolute Gasteiger partial charge is 0.170 e. The van der Waals surface area contributed by atoms with Crippen LogP contribution in [0.15, 0.2) is 12.4 Å². The number of pyridine rings is 1. The fourth-order valence-electron chi connectivity index (χ4n) is 1.52. The number of Topliss-reactive ketones (excluding diaryl/α,β-unsaturated/α-hetero) is 1. The molecule has 4 heteroatoms. The van der Waals surface area contributed by atoms with E-state index in [1.54, 1.807) is 6.20 Å². The van der Waals surface area contributed by atoms with Crippen LogP contribution in [0.4, 0.5) is 0 Å². The largest absolute Gasteiger partial charge is 0.506 e. The molecule has 2 heterocycles. The van der Waals surface area contributed by atoms with Crippen molar-refractivity contribution < 1.29 is 9.90 Å². The van der Waals surface area contributed by atoms with Gasteiger partial charge in [0.1, 0.15) is 5.75 Å². The van der Waals surface area contributed by atoms with Crippen molar-refractivity contribution in [2.75, 3.05) is 0 Å². The number of fused-ring (bicyclic) bond motifs is 1. The number of thiophene rings is 1. The number of hydrogen-bond acceptors (Lipinski definition) is 4. The Morgan fingerprint density at radius 2 is 2.21 bits per heavy atom. The summed E-state index contributed by atoms with van der Waals surface area (Å²) in [5.74, 6) is 0.173. The molecule has 2 aromatic heterocycles. The van der Waals surface area contributed by atoms with Crippen LogP contribution in [0, 0.1) is 6.92 Å². The molecule has 3 nitrogen and oxygen atoms in total. The van der Waals surface area contributed by atoms with Crippen LogP contribution in [-0.2, 0) is 0 Å². The van der Waals surface area contributed by atoms with Gasteiger partial charge < -0.3 is 5.11 Å². The van der Waals surface area contributed by atoms with E-state index in [9.17, 15) is 9.90 Å². The van der Waals surface area contributed by atoms with E-state index in [1.807, 2.05) is 6.92 Å². The lowest BCUT2D eigenvalue weighted by atomic mass is 10.1. The van der Waals surface area contributed by atoms with Crippen LogP contribution in [0.2, 0.25) is 0 Å². The molecule has 0 saturated heterocycles. The maximum Gasteiger partial charge on any atom is 0.170 e. The van der Waals surface area contributed by atoms with Crippen molar-refractivity contribution in [2.24, 2.45) is 0 Å². The fourth-order valence-corrected chi connectivity index (χ4v) is 2.61. The molecule has 14 heavy (non-hydrogen) atoms. The number of rotatable bonds is 1. The summed E-state index contributed by atoms with van der Waals surface area (Å²) in [7, 11) is 0. The molecular formula is C10H9NO2S. The Kier molecular flexibility index (Phi) is 2.00. The van der Waals surface area contributed by atoms with Crippen LogP contribution in [-0.4, -0.2) is 15.9 Å². The molecule has 0 spiro atoms. The summed E-state index contributed by atoms with van der Waals surface area (Å²) in [6.07, 6.45) is 3.06. The second kappa shape index (κ2) is 3.06. The van der Waals surface area contributed by atoms with E-state index >= 15 is 0 Å². The lowest BCUT2D eigenvalue weighted by Gasteiger charge is -1.95. The number of aromatic hydroxyl groups is 1. The third-order valence-corrected chi connectivity index (χ3v) is 3.47. The molecule has 2 rings (SSSR count). The van der Waals surface area contributed by atoms with E-state index in [0.717, 1.165) is 15.6 Å². The summed E-state index contributed by atoms with van der Waals surface area (Å²) < 4.78 is 0.854. The molecule has 0 bridgehead atoms. The van der Waals surface area contributed by atoms with Crippen LogP contribution in [0.3, 0.4) is 0 Å². The summed E-state index contributed by atoms with van der Waals surface area (Å²) in [5.41, 5.74) is 0.845. The van der Waals surface area contributed by atoms with Crippen LogP contribution in [0.25, 0.3) is 10.1 Å². The Hall–Kier alpha value is -1.42. The minimum Gasteiger partial charge on any atom is -0.506 e. The summed E-state index contributed by atoms with van der Waals surface area (Å²) in [6.45, 7) is 3.37. The van der Waals surface area contributed by atoms with Gasteiger partial charge in [0.25, 0.3) is 0 Å². The van der Waals surface area contributed by atoms with Gasteiger partial charge in [-0.05, 0) is 19.4 Å². The highest BCUT2D eigenvalue weighted by Crippen LogP contribution is 2.35. The number of carbonyl (C=O) groups excluding carboxylic acids is 1. The molecule has 0 aliphatic heterocycles. The molecule has 0 aliphatic carbocycles. The highest BCUT2D eigenvalue weighted by atomic mass is 32.1. The first-order valence-electron chi connectivity index (χ1n) is 4.18. The number of hydrogen-bond donors (Lipinski definition) is 1. The van der Waals surface area contributed by atoms with Crippen molar-refractivity contribution in [1.82, 2.24) is 4.98 Å². The molecule has 0 aromatic carbocycles. The van der Waals surface area contributed by atoms with Crippen molar-refractivity contribution in [1.29, 1.82) is 0 Å². The molecule has 0 aliphatic rings. The maximum atomic E-state index is 11.3. The van der Waals surface area contributed by atoms with Gasteiger partial charge in [0, 0.05) is 11.6 Å². The van der Waals surface area contributed by atoms with Gasteiger partial charge in [0.15, 0.2) is 5.78 Å². The minimum absolute atomic E-state index is 0.0306. The van der Waals surface area contributed by atoms with Gasteiger partial charge in [0.05, 0.1) is 15.8 Å². The Bertz CT molecular complexity index is 516. The molecule has 0 amide bonds. The van der Waals surface area contributed by atoms with Gasteiger partial charge in [-0.2, -0.15) is 0 Å². The molecular weight excluding hydrogens is 198 g/mol. The number of nitrogens with zero attached hydrogens (tertiary/aromatic N) is 1. The highest BCUT2D eigenvalue weighted by Gasteiger charge is 2.14. The number of aryl methyl sites for hydroxylation is 1. The first kappa shape index (κ1) is 9.15. The summed E-state index contributed by atoms with van der Waals surface area (Å²) in [4.78, 5) is 15.8. The third kappa shape index (κ3) is 1.19. The summed E-state index contributed by atoms with van der Waals surface area (Å²) in [6, 6.07) is 0. The predicted octanol–water partition coefficient (Wildman–Crippen LogP) is 2.51. The Balaban J connectivity index is 2.87. The van der Waals surface area contributed by atoms with E-state index < -0.39 is 0 Å². The zero-order valence-corrected chi connectivity index (χ0v) is 8.68. The average Bonchev–Trinajstić information content (AvgIpc) is 2.45. The molecule has 0 saturated carbocycles. The van der Waals surface area contributed by atoms with E-state index in [-0.39, 0.29) is 11.5 Å². The molecule has 0 atom stereocenters. The number of carbonyl (C=O) groups is 1. The zero-order chi connectivity index (χ0) is 10.3. The first-order valence-corrected chi connectivity index (χ1v) is 5.00. The lowest BCUT2D eigenvalue weighted by molar-refractivity contribution is 0.102. The molecule has 2 aromatic rings. The second-order valence-electron chi connectivity index (χ2n) is 3.14. The fraction of sp³-hybridized carbons (Fsp3) is 0.200. The van der Waals surface area contributed by atoms with Crippen LogP contribution < -0.4 is 0 Å². The van der Waals surface area contributed by atoms with Gasteiger partial charge in [-0.1, -0.05) is 0 Å². The van der Waals surface area contributed by atoms with E-state index in [0.29, 0.717) is 4.88 Å². The van der Waals surface area contributed by atoms with Crippen molar-refractivity contribution in [3.05, 3.63) is 22.8 Å². The summed E-state index contributed by atoms with van der Waals surface area (Å²) in [5, 5.41) is 10.3. The van der Waals surface area contributed by atoms with Crippen molar-refractivity contribution in [2.45, 2.75) is 13.8 Å². The van der Waals surface area contributed by atoms with Gasteiger partial charge in [0.2, 0.25) is 0 Å². The number of aromatic nitrogens is 1. The van der Waals surface area contributed by atoms with Gasteiger partial charge in [-0.25, -0.2) is 0 Å². The first-order chi connectivity index (χ1) is 6.61. The highest BCUT2D eigenvalue weighted by molar-refractivity contribution is 7.21. The standard InChI is InChI=1S/C10H9NO2S/c1-5-9-7(13)3-11-4-8(9)14-10(5)6(2)12/h3-4,13H,1-2H3. The lowest BCUT2D eigenvalue weighted by Crippen LogP contribution is -1.88. The normalized spacial score (nSPS) is 10.7. The molecule has 1 N–H and O–H groups in total. The maximum absolute atomic E-state index is 11.3. The monoisotopic (exact) mass is 207 g/mol. The van der Waals surface area contributed by atoms with Crippen LogP contribution >= 0.6 is 11.3 Å². The predicted molar refractivity (Wildman–Crippen MR) is 56.0 cm³/mol. The van der Waals surface area contributed by atoms with E-state index in [1.165, 1.54) is 24.5 Å². The van der Waals surface area contributed by atoms with Gasteiger partial charge in [-0.15, -0.1) is 11.3 Å². The Labute approximate surface area is 85.0 Å². The second-order valence-corrected chi connectivity index (χ2v) is 4.20. The van der Waals surface area contributed by atoms with E-state index in [2.05, 4.69) is 4.98 Å². The zero-order valence-electron chi connectivity index (χ0n) is 7.87. The minimum atomic E-state index is 0.0306. The van der Waals surface area contributed by atoms with Gasteiger partial charge >= 0.3 is 0 Å². The topological polar surface area (TPSA) is 50.2 Å². The summed E-state index contributed by atoms with van der Waals surface area (Å²) >= 11 is 1.37. The van der Waals surface area contributed by atoms with Crippen LogP contribution in [0.1, 0.15) is 22.2 Å². The molecule has 0 unspecified atom stereocenters. The molecule has 0 fully saturated rings. The third-order valence-electron chi connectivity index (χ3n) is 2.14. The average molecular weight is 207 g/mol. The van der Waals surface area contributed by atoms with Gasteiger partial charge in [-0.3, -0.25) is 9.78 Å². The quantitative estimate of drug-likeness (QED) is 0.731. The van der Waals surface area contributed by atoms with Crippen molar-refractivity contribution in [3.63, 3.8) is 0 Å². The molecule has 72 valence electrons. The van der Waals surface area contributed by atoms with Crippen molar-refractivity contribution in [3.8, 4) is 5.75 Å². The SMILES string of the molecule is CC(=O)c1sc2cncc(O)c2c1C.